The Labute approximate surface area is 128 Å². The summed E-state index contributed by atoms with van der Waals surface area (Å²) in [6.07, 6.45) is 2.00. The molecule has 2 aromatic rings. The Morgan fingerprint density at radius 1 is 1.14 bits per heavy atom. The minimum atomic E-state index is -0.291. The van der Waals surface area contributed by atoms with Crippen molar-refractivity contribution in [3.8, 4) is 5.75 Å². The molecule has 0 aliphatic rings. The second-order valence-corrected chi connectivity index (χ2v) is 5.12. The lowest BCUT2D eigenvalue weighted by atomic mass is 10.3. The minimum absolute atomic E-state index is 0.291. The minimum Gasteiger partial charge on any atom is -0.492 e. The summed E-state index contributed by atoms with van der Waals surface area (Å²) in [6, 6.07) is 14.8. The van der Waals surface area contributed by atoms with Gasteiger partial charge in [0.05, 0.1) is 12.3 Å². The van der Waals surface area contributed by atoms with Crippen LogP contribution in [0.25, 0.3) is 0 Å². The number of amides is 2. The monoisotopic (exact) mass is 302 g/mol. The van der Waals surface area contributed by atoms with E-state index in [1.54, 1.807) is 11.8 Å². The van der Waals surface area contributed by atoms with E-state index in [0.29, 0.717) is 18.0 Å². The Bertz CT molecular complexity index is 617. The third kappa shape index (κ3) is 4.43. The van der Waals surface area contributed by atoms with Gasteiger partial charge in [-0.15, -0.1) is 11.8 Å². The maximum absolute atomic E-state index is 12.1. The fraction of sp³-hybridized carbons (Fsp3) is 0.188. The summed E-state index contributed by atoms with van der Waals surface area (Å²) in [5.74, 6) is 0.660. The average molecular weight is 302 g/mol. The van der Waals surface area contributed by atoms with Crippen molar-refractivity contribution in [1.29, 1.82) is 0 Å². The summed E-state index contributed by atoms with van der Waals surface area (Å²) in [4.78, 5) is 13.2. The van der Waals surface area contributed by atoms with Gasteiger partial charge in [-0.2, -0.15) is 0 Å². The molecular weight excluding hydrogens is 284 g/mol. The van der Waals surface area contributed by atoms with Crippen molar-refractivity contribution >= 4 is 29.2 Å². The standard InChI is InChI=1S/C16H18N2O2S/c1-3-20-15-10-5-4-9-14(15)18-16(19)17-12-7-6-8-13(11-12)21-2/h4-11H,3H2,1-2H3,(H2,17,18,19). The van der Waals surface area contributed by atoms with Gasteiger partial charge in [0, 0.05) is 10.6 Å². The van der Waals surface area contributed by atoms with Crippen LogP contribution in [-0.4, -0.2) is 18.9 Å². The molecule has 2 rings (SSSR count). The number of anilines is 2. The van der Waals surface area contributed by atoms with E-state index in [-0.39, 0.29) is 6.03 Å². The maximum atomic E-state index is 12.1. The number of benzene rings is 2. The number of carbonyl (C=O) groups excluding carboxylic acids is 1. The van der Waals surface area contributed by atoms with E-state index < -0.39 is 0 Å². The number of nitrogens with one attached hydrogen (secondary N) is 2. The van der Waals surface area contributed by atoms with Crippen molar-refractivity contribution in [2.45, 2.75) is 11.8 Å². The van der Waals surface area contributed by atoms with Crippen molar-refractivity contribution in [3.05, 3.63) is 48.5 Å². The predicted molar refractivity (Wildman–Crippen MR) is 88.5 cm³/mol. The quantitative estimate of drug-likeness (QED) is 0.802. The summed E-state index contributed by atoms with van der Waals surface area (Å²) in [5.41, 5.74) is 1.41. The lowest BCUT2D eigenvalue weighted by Gasteiger charge is -2.12. The molecular formula is C16H18N2O2S. The van der Waals surface area contributed by atoms with Crippen LogP contribution in [0.3, 0.4) is 0 Å². The summed E-state index contributed by atoms with van der Waals surface area (Å²) in [6.45, 7) is 2.46. The molecule has 0 heterocycles. The number of hydrogen-bond donors (Lipinski definition) is 2. The first-order valence-electron chi connectivity index (χ1n) is 6.67. The highest BCUT2D eigenvalue weighted by atomic mass is 32.2. The van der Waals surface area contributed by atoms with Crippen molar-refractivity contribution in [3.63, 3.8) is 0 Å². The molecule has 0 aromatic heterocycles. The van der Waals surface area contributed by atoms with Crippen LogP contribution in [-0.2, 0) is 0 Å². The molecule has 0 saturated carbocycles. The second kappa shape index (κ2) is 7.59. The molecule has 2 aromatic carbocycles. The summed E-state index contributed by atoms with van der Waals surface area (Å²) < 4.78 is 5.48. The molecule has 0 aliphatic heterocycles. The zero-order valence-electron chi connectivity index (χ0n) is 12.1. The molecule has 0 aliphatic carbocycles. The topological polar surface area (TPSA) is 50.4 Å². The van der Waals surface area contributed by atoms with Gasteiger partial charge in [0.15, 0.2) is 0 Å². The molecule has 0 saturated heterocycles. The molecule has 0 spiro atoms. The first-order valence-corrected chi connectivity index (χ1v) is 7.89. The number of rotatable bonds is 5. The highest BCUT2D eigenvalue weighted by molar-refractivity contribution is 7.98. The fourth-order valence-electron chi connectivity index (χ4n) is 1.84. The van der Waals surface area contributed by atoms with Gasteiger partial charge in [0.25, 0.3) is 0 Å². The van der Waals surface area contributed by atoms with Crippen LogP contribution in [0.5, 0.6) is 5.75 Å². The molecule has 4 nitrogen and oxygen atoms in total. The van der Waals surface area contributed by atoms with E-state index in [2.05, 4.69) is 10.6 Å². The van der Waals surface area contributed by atoms with Gasteiger partial charge in [-0.3, -0.25) is 0 Å². The van der Waals surface area contributed by atoms with Crippen LogP contribution in [0.4, 0.5) is 16.2 Å². The molecule has 21 heavy (non-hydrogen) atoms. The Kier molecular flexibility index (Phi) is 5.51. The number of hydrogen-bond acceptors (Lipinski definition) is 3. The lowest BCUT2D eigenvalue weighted by molar-refractivity contribution is 0.262. The molecule has 0 unspecified atom stereocenters. The third-order valence-electron chi connectivity index (χ3n) is 2.76. The lowest BCUT2D eigenvalue weighted by Crippen LogP contribution is -2.19. The van der Waals surface area contributed by atoms with Crippen LogP contribution in [0.15, 0.2) is 53.4 Å². The Morgan fingerprint density at radius 2 is 1.95 bits per heavy atom. The molecule has 0 bridgehead atoms. The van der Waals surface area contributed by atoms with Crippen molar-refractivity contribution in [1.82, 2.24) is 0 Å². The summed E-state index contributed by atoms with van der Waals surface area (Å²) in [5, 5.41) is 5.61. The van der Waals surface area contributed by atoms with Gasteiger partial charge in [0.1, 0.15) is 5.75 Å². The van der Waals surface area contributed by atoms with E-state index in [1.165, 1.54) is 0 Å². The van der Waals surface area contributed by atoms with Crippen molar-refractivity contribution < 1.29 is 9.53 Å². The Balaban J connectivity index is 2.04. The third-order valence-corrected chi connectivity index (χ3v) is 3.49. The van der Waals surface area contributed by atoms with Crippen molar-refractivity contribution in [2.75, 3.05) is 23.5 Å². The maximum Gasteiger partial charge on any atom is 0.323 e. The molecule has 5 heteroatoms. The highest BCUT2D eigenvalue weighted by Crippen LogP contribution is 2.24. The van der Waals surface area contributed by atoms with Gasteiger partial charge in [-0.25, -0.2) is 4.79 Å². The highest BCUT2D eigenvalue weighted by Gasteiger charge is 2.07. The Morgan fingerprint density at radius 3 is 2.71 bits per heavy atom. The molecule has 0 radical (unpaired) electrons. The van der Waals surface area contributed by atoms with Crippen LogP contribution < -0.4 is 15.4 Å². The molecule has 0 fully saturated rings. The number of ether oxygens (including phenoxy) is 1. The first-order chi connectivity index (χ1) is 10.2. The van der Waals surface area contributed by atoms with Crippen LogP contribution in [0.2, 0.25) is 0 Å². The van der Waals surface area contributed by atoms with E-state index in [1.807, 2.05) is 61.7 Å². The van der Waals surface area contributed by atoms with Gasteiger partial charge in [-0.1, -0.05) is 18.2 Å². The Hall–Kier alpha value is -2.14. The van der Waals surface area contributed by atoms with Crippen LogP contribution in [0, 0.1) is 0 Å². The van der Waals surface area contributed by atoms with E-state index in [9.17, 15) is 4.79 Å². The van der Waals surface area contributed by atoms with Gasteiger partial charge < -0.3 is 15.4 Å². The smallest absolute Gasteiger partial charge is 0.323 e. The van der Waals surface area contributed by atoms with Gasteiger partial charge in [-0.05, 0) is 43.5 Å². The molecule has 2 amide bonds. The van der Waals surface area contributed by atoms with Gasteiger partial charge in [0.2, 0.25) is 0 Å². The number of urea groups is 1. The number of thioether (sulfide) groups is 1. The van der Waals surface area contributed by atoms with E-state index in [0.717, 1.165) is 10.6 Å². The number of para-hydroxylation sites is 2. The molecule has 110 valence electrons. The largest absolute Gasteiger partial charge is 0.492 e. The van der Waals surface area contributed by atoms with E-state index >= 15 is 0 Å². The average Bonchev–Trinajstić information content (AvgIpc) is 2.49. The molecule has 0 atom stereocenters. The zero-order chi connectivity index (χ0) is 15.1. The van der Waals surface area contributed by atoms with Crippen molar-refractivity contribution in [2.24, 2.45) is 0 Å². The normalized spacial score (nSPS) is 10.0. The van der Waals surface area contributed by atoms with Crippen LogP contribution in [0.1, 0.15) is 6.92 Å². The summed E-state index contributed by atoms with van der Waals surface area (Å²) in [7, 11) is 0. The molecule has 2 N–H and O–H groups in total. The fourth-order valence-corrected chi connectivity index (χ4v) is 2.30. The second-order valence-electron chi connectivity index (χ2n) is 4.24. The predicted octanol–water partition coefficient (Wildman–Crippen LogP) is 4.45. The first kappa shape index (κ1) is 15.3. The SMILES string of the molecule is CCOc1ccccc1NC(=O)Nc1cccc(SC)c1. The van der Waals surface area contributed by atoms with Gasteiger partial charge >= 0.3 is 6.03 Å². The summed E-state index contributed by atoms with van der Waals surface area (Å²) >= 11 is 1.63. The van der Waals surface area contributed by atoms with Crippen LogP contribution >= 0.6 is 11.8 Å². The number of carbonyl (C=O) groups is 1. The zero-order valence-corrected chi connectivity index (χ0v) is 12.9. The van der Waals surface area contributed by atoms with E-state index in [4.69, 9.17) is 4.74 Å².